The predicted octanol–water partition coefficient (Wildman–Crippen LogP) is 1.73. The molecule has 2 heterocycles. The number of nitrogens with zero attached hydrogens (tertiary/aromatic N) is 4. The van der Waals surface area contributed by atoms with Crippen LogP contribution in [0.5, 0.6) is 0 Å². The van der Waals surface area contributed by atoms with E-state index in [-0.39, 0.29) is 11.5 Å². The fraction of sp³-hybridized carbons (Fsp3) is 0.250. The summed E-state index contributed by atoms with van der Waals surface area (Å²) in [5.74, 6) is -0.252. The molecule has 1 amide bonds. The molecule has 0 atom stereocenters. The van der Waals surface area contributed by atoms with E-state index in [4.69, 9.17) is 11.6 Å². The molecule has 3 rings (SSSR count). The number of carbonyl (C=O) groups is 1. The normalized spacial score (nSPS) is 14.3. The summed E-state index contributed by atoms with van der Waals surface area (Å²) in [7, 11) is 0. The highest BCUT2D eigenvalue weighted by molar-refractivity contribution is 6.31. The second kappa shape index (κ2) is 4.62. The van der Waals surface area contributed by atoms with E-state index in [2.05, 4.69) is 10.2 Å². The topological polar surface area (TPSA) is 51.0 Å². The standard InChI is InChI=1S/C12H10ClFN4O/c13-8-1-2-10(14)9(5-8)12(19)17-3-4-18-7-15-16-11(18)6-17/h1-2,5,7H,3-4,6H2. The zero-order valence-corrected chi connectivity index (χ0v) is 10.6. The smallest absolute Gasteiger partial charge is 0.257 e. The van der Waals surface area contributed by atoms with Gasteiger partial charge < -0.3 is 9.47 Å². The molecule has 0 N–H and O–H groups in total. The van der Waals surface area contributed by atoms with E-state index in [0.717, 1.165) is 0 Å². The minimum Gasteiger partial charge on any atom is -0.329 e. The third-order valence-electron chi connectivity index (χ3n) is 3.08. The van der Waals surface area contributed by atoms with Gasteiger partial charge in [-0.2, -0.15) is 0 Å². The van der Waals surface area contributed by atoms with Crippen molar-refractivity contribution >= 4 is 17.5 Å². The molecule has 0 unspecified atom stereocenters. The number of aromatic nitrogens is 3. The minimum atomic E-state index is -0.568. The van der Waals surface area contributed by atoms with Crippen molar-refractivity contribution in [2.75, 3.05) is 6.54 Å². The van der Waals surface area contributed by atoms with Crippen LogP contribution in [0.2, 0.25) is 5.02 Å². The van der Waals surface area contributed by atoms with Crippen molar-refractivity contribution in [2.24, 2.45) is 0 Å². The maximum absolute atomic E-state index is 13.7. The second-order valence-corrected chi connectivity index (χ2v) is 4.73. The largest absolute Gasteiger partial charge is 0.329 e. The first kappa shape index (κ1) is 12.1. The lowest BCUT2D eigenvalue weighted by molar-refractivity contribution is 0.0702. The van der Waals surface area contributed by atoms with Gasteiger partial charge in [0.15, 0.2) is 5.82 Å². The summed E-state index contributed by atoms with van der Waals surface area (Å²) in [6.45, 7) is 1.43. The van der Waals surface area contributed by atoms with E-state index in [1.807, 2.05) is 4.57 Å². The van der Waals surface area contributed by atoms with E-state index in [1.54, 1.807) is 11.2 Å². The zero-order chi connectivity index (χ0) is 13.4. The number of benzene rings is 1. The van der Waals surface area contributed by atoms with Gasteiger partial charge in [0.1, 0.15) is 12.1 Å². The van der Waals surface area contributed by atoms with Crippen molar-refractivity contribution in [3.05, 3.63) is 46.8 Å². The minimum absolute atomic E-state index is 0.0135. The number of halogens is 2. The van der Waals surface area contributed by atoms with Crippen LogP contribution in [0.25, 0.3) is 0 Å². The van der Waals surface area contributed by atoms with Gasteiger partial charge in [0.05, 0.1) is 12.1 Å². The molecule has 1 aromatic carbocycles. The van der Waals surface area contributed by atoms with Gasteiger partial charge in [0, 0.05) is 18.1 Å². The molecule has 5 nitrogen and oxygen atoms in total. The number of fused-ring (bicyclic) bond motifs is 1. The van der Waals surface area contributed by atoms with Gasteiger partial charge in [-0.3, -0.25) is 4.79 Å². The van der Waals surface area contributed by atoms with Crippen molar-refractivity contribution < 1.29 is 9.18 Å². The summed E-state index contributed by atoms with van der Waals surface area (Å²) in [5.41, 5.74) is -0.0135. The van der Waals surface area contributed by atoms with Crippen LogP contribution < -0.4 is 0 Å². The van der Waals surface area contributed by atoms with Crippen molar-refractivity contribution in [2.45, 2.75) is 13.1 Å². The summed E-state index contributed by atoms with van der Waals surface area (Å²) in [4.78, 5) is 13.8. The maximum atomic E-state index is 13.7. The summed E-state index contributed by atoms with van der Waals surface area (Å²) >= 11 is 5.80. The number of amides is 1. The molecule has 1 aliphatic rings. The molecule has 0 fully saturated rings. The summed E-state index contributed by atoms with van der Waals surface area (Å²) < 4.78 is 15.5. The highest BCUT2D eigenvalue weighted by Crippen LogP contribution is 2.19. The van der Waals surface area contributed by atoms with Crippen LogP contribution in [0.1, 0.15) is 16.2 Å². The zero-order valence-electron chi connectivity index (χ0n) is 9.88. The van der Waals surface area contributed by atoms with E-state index in [1.165, 1.54) is 18.2 Å². The Balaban J connectivity index is 1.87. The summed E-state index contributed by atoms with van der Waals surface area (Å²) in [6, 6.07) is 3.96. The maximum Gasteiger partial charge on any atom is 0.257 e. The molecular formula is C12H10ClFN4O. The van der Waals surface area contributed by atoms with E-state index >= 15 is 0 Å². The Morgan fingerprint density at radius 2 is 2.21 bits per heavy atom. The Kier molecular flexibility index (Phi) is 2.94. The fourth-order valence-corrected chi connectivity index (χ4v) is 2.24. The van der Waals surface area contributed by atoms with Crippen LogP contribution in [0, 0.1) is 5.82 Å². The molecule has 0 aliphatic carbocycles. The van der Waals surface area contributed by atoms with Crippen LogP contribution in [0.15, 0.2) is 24.5 Å². The van der Waals surface area contributed by atoms with E-state index in [0.29, 0.717) is 30.5 Å². The molecule has 98 valence electrons. The SMILES string of the molecule is O=C(c1cc(Cl)ccc1F)N1CCn2cnnc2C1. The fourth-order valence-electron chi connectivity index (χ4n) is 2.07. The molecule has 19 heavy (non-hydrogen) atoms. The van der Waals surface area contributed by atoms with Crippen LogP contribution in [0.4, 0.5) is 4.39 Å². The average molecular weight is 281 g/mol. The van der Waals surface area contributed by atoms with Crippen LogP contribution >= 0.6 is 11.6 Å². The molecule has 0 spiro atoms. The molecule has 0 saturated carbocycles. The number of hydrogen-bond acceptors (Lipinski definition) is 3. The average Bonchev–Trinajstić information content (AvgIpc) is 2.88. The van der Waals surface area contributed by atoms with Crippen LogP contribution in [-0.4, -0.2) is 32.1 Å². The Labute approximate surface area is 113 Å². The molecule has 1 aromatic heterocycles. The first-order valence-corrected chi connectivity index (χ1v) is 6.14. The van der Waals surface area contributed by atoms with Gasteiger partial charge in [-0.15, -0.1) is 10.2 Å². The molecule has 0 radical (unpaired) electrons. The van der Waals surface area contributed by atoms with Gasteiger partial charge >= 0.3 is 0 Å². The Hall–Kier alpha value is -1.95. The Morgan fingerprint density at radius 3 is 3.05 bits per heavy atom. The quantitative estimate of drug-likeness (QED) is 0.799. The highest BCUT2D eigenvalue weighted by atomic mass is 35.5. The van der Waals surface area contributed by atoms with E-state index < -0.39 is 5.82 Å². The lowest BCUT2D eigenvalue weighted by Gasteiger charge is -2.27. The van der Waals surface area contributed by atoms with Gasteiger partial charge in [-0.05, 0) is 18.2 Å². The monoisotopic (exact) mass is 280 g/mol. The molecular weight excluding hydrogens is 271 g/mol. The predicted molar refractivity (Wildman–Crippen MR) is 66.2 cm³/mol. The number of carbonyl (C=O) groups excluding carboxylic acids is 1. The lowest BCUT2D eigenvalue weighted by atomic mass is 10.1. The molecule has 0 bridgehead atoms. The van der Waals surface area contributed by atoms with Gasteiger partial charge in [-0.1, -0.05) is 11.6 Å². The summed E-state index contributed by atoms with van der Waals surface area (Å²) in [5, 5.41) is 8.04. The third kappa shape index (κ3) is 2.19. The first-order chi connectivity index (χ1) is 9.15. The van der Waals surface area contributed by atoms with Crippen molar-refractivity contribution in [3.63, 3.8) is 0 Å². The molecule has 2 aromatic rings. The lowest BCUT2D eigenvalue weighted by Crippen LogP contribution is -2.38. The van der Waals surface area contributed by atoms with Crippen molar-refractivity contribution in [3.8, 4) is 0 Å². The van der Waals surface area contributed by atoms with Crippen molar-refractivity contribution in [1.82, 2.24) is 19.7 Å². The highest BCUT2D eigenvalue weighted by Gasteiger charge is 2.24. The Bertz CT molecular complexity index is 642. The summed E-state index contributed by atoms with van der Waals surface area (Å²) in [6.07, 6.45) is 1.62. The third-order valence-corrected chi connectivity index (χ3v) is 3.32. The molecule has 7 heteroatoms. The van der Waals surface area contributed by atoms with Gasteiger partial charge in [0.25, 0.3) is 5.91 Å². The van der Waals surface area contributed by atoms with Gasteiger partial charge in [0.2, 0.25) is 0 Å². The Morgan fingerprint density at radius 1 is 1.37 bits per heavy atom. The van der Waals surface area contributed by atoms with E-state index in [9.17, 15) is 9.18 Å². The second-order valence-electron chi connectivity index (χ2n) is 4.29. The number of rotatable bonds is 1. The van der Waals surface area contributed by atoms with Crippen LogP contribution in [0.3, 0.4) is 0 Å². The van der Waals surface area contributed by atoms with Crippen molar-refractivity contribution in [1.29, 1.82) is 0 Å². The van der Waals surface area contributed by atoms with Gasteiger partial charge in [-0.25, -0.2) is 4.39 Å². The first-order valence-electron chi connectivity index (χ1n) is 5.76. The van der Waals surface area contributed by atoms with Crippen LogP contribution in [-0.2, 0) is 13.1 Å². The molecule has 0 saturated heterocycles. The molecule has 1 aliphatic heterocycles. The number of hydrogen-bond donors (Lipinski definition) is 0.